The molecule has 1 aromatic carbocycles. The fourth-order valence-corrected chi connectivity index (χ4v) is 5.82. The highest BCUT2D eigenvalue weighted by atomic mass is 32.2. The summed E-state index contributed by atoms with van der Waals surface area (Å²) in [6.07, 6.45) is 6.18. The summed E-state index contributed by atoms with van der Waals surface area (Å²) in [5, 5.41) is 22.4. The molecule has 3 aromatic rings. The van der Waals surface area contributed by atoms with Gasteiger partial charge in [-0.25, -0.2) is 0 Å². The van der Waals surface area contributed by atoms with Gasteiger partial charge in [-0.3, -0.25) is 4.79 Å². The summed E-state index contributed by atoms with van der Waals surface area (Å²) < 4.78 is 9.94. The second-order valence-corrected chi connectivity index (χ2v) is 10.2. The Kier molecular flexibility index (Phi) is 6.93. The molecule has 0 saturated carbocycles. The zero-order valence-electron chi connectivity index (χ0n) is 20.2. The van der Waals surface area contributed by atoms with E-state index in [1.807, 2.05) is 42.8 Å². The Balaban J connectivity index is 1.34. The predicted octanol–water partition coefficient (Wildman–Crippen LogP) is 4.25. The zero-order valence-corrected chi connectivity index (χ0v) is 21.0. The van der Waals surface area contributed by atoms with E-state index < -0.39 is 0 Å². The number of nitrogens with zero attached hydrogens (tertiary/aromatic N) is 5. The third-order valence-electron chi connectivity index (χ3n) is 6.91. The van der Waals surface area contributed by atoms with Crippen LogP contribution in [0.4, 0.5) is 5.82 Å². The lowest BCUT2D eigenvalue weighted by Crippen LogP contribution is -2.23. The Bertz CT molecular complexity index is 1280. The predicted molar refractivity (Wildman–Crippen MR) is 135 cm³/mol. The summed E-state index contributed by atoms with van der Waals surface area (Å²) in [6.45, 7) is 3.50. The highest BCUT2D eigenvalue weighted by molar-refractivity contribution is 7.99. The lowest BCUT2D eigenvalue weighted by atomic mass is 9.95. The third kappa shape index (κ3) is 4.73. The van der Waals surface area contributed by atoms with E-state index in [4.69, 9.17) is 4.74 Å². The molecular formula is C26H30N6O2S. The molecule has 3 heterocycles. The van der Waals surface area contributed by atoms with Gasteiger partial charge in [0.05, 0.1) is 24.0 Å². The normalized spacial score (nSPS) is 17.2. The van der Waals surface area contributed by atoms with Crippen molar-refractivity contribution in [3.8, 4) is 17.5 Å². The quantitative estimate of drug-likeness (QED) is 0.497. The van der Waals surface area contributed by atoms with Crippen LogP contribution in [0.15, 0.2) is 29.4 Å². The van der Waals surface area contributed by atoms with Crippen LogP contribution in [0.2, 0.25) is 0 Å². The van der Waals surface area contributed by atoms with E-state index in [0.29, 0.717) is 23.1 Å². The van der Waals surface area contributed by atoms with Crippen molar-refractivity contribution in [2.75, 3.05) is 17.7 Å². The van der Waals surface area contributed by atoms with Crippen LogP contribution in [-0.2, 0) is 36.0 Å². The second kappa shape index (κ2) is 10.3. The monoisotopic (exact) mass is 490 g/mol. The molecule has 1 saturated heterocycles. The standard InChI is InChI=1S/C26H30N6O2S/c1-17-8-3-4-10-19(17)25-29-30-26(31(25)2)35-16-23(33)28-24-21(14-27)20-11-5-6-12-22(20)32(24)15-18-9-7-13-34-18/h3-4,8,10,18H,5-7,9,11-13,15-16H2,1-2H3,(H,28,33). The van der Waals surface area contributed by atoms with E-state index in [9.17, 15) is 10.1 Å². The number of nitriles is 1. The number of thioether (sulfide) groups is 1. The number of rotatable bonds is 7. The van der Waals surface area contributed by atoms with Crippen LogP contribution in [0.5, 0.6) is 0 Å². The first kappa shape index (κ1) is 23.6. The van der Waals surface area contributed by atoms with Crippen LogP contribution in [0, 0.1) is 18.3 Å². The number of hydrogen-bond donors (Lipinski definition) is 1. The molecule has 1 aliphatic carbocycles. The Morgan fingerprint density at radius 3 is 2.86 bits per heavy atom. The fraction of sp³-hybridized carbons (Fsp3) is 0.462. The van der Waals surface area contributed by atoms with Gasteiger partial charge in [0.1, 0.15) is 11.9 Å². The highest BCUT2D eigenvalue weighted by Crippen LogP contribution is 2.34. The van der Waals surface area contributed by atoms with Crippen LogP contribution in [0.3, 0.4) is 0 Å². The van der Waals surface area contributed by atoms with Gasteiger partial charge >= 0.3 is 0 Å². The van der Waals surface area contributed by atoms with Crippen molar-refractivity contribution in [1.29, 1.82) is 5.26 Å². The van der Waals surface area contributed by atoms with Crippen molar-refractivity contribution in [2.45, 2.75) is 63.3 Å². The third-order valence-corrected chi connectivity index (χ3v) is 7.93. The molecule has 5 rings (SSSR count). The summed E-state index contributed by atoms with van der Waals surface area (Å²) in [5.74, 6) is 1.42. The van der Waals surface area contributed by atoms with Crippen LogP contribution in [-0.4, -0.2) is 43.7 Å². The smallest absolute Gasteiger partial charge is 0.235 e. The largest absolute Gasteiger partial charge is 0.376 e. The number of aryl methyl sites for hydroxylation is 1. The lowest BCUT2D eigenvalue weighted by Gasteiger charge is -2.19. The number of amides is 1. The van der Waals surface area contributed by atoms with Crippen molar-refractivity contribution >= 4 is 23.5 Å². The number of aromatic nitrogens is 4. The van der Waals surface area contributed by atoms with Gasteiger partial charge in [-0.05, 0) is 56.6 Å². The maximum absolute atomic E-state index is 13.1. The summed E-state index contributed by atoms with van der Waals surface area (Å²) in [6, 6.07) is 10.4. The number of anilines is 1. The van der Waals surface area contributed by atoms with Crippen LogP contribution < -0.4 is 5.32 Å². The molecule has 0 bridgehead atoms. The minimum atomic E-state index is -0.157. The van der Waals surface area contributed by atoms with Crippen molar-refractivity contribution in [3.63, 3.8) is 0 Å². The fourth-order valence-electron chi connectivity index (χ4n) is 5.11. The molecule has 0 radical (unpaired) electrons. The summed E-state index contributed by atoms with van der Waals surface area (Å²) in [5.41, 5.74) is 5.03. The molecule has 1 fully saturated rings. The van der Waals surface area contributed by atoms with Crippen molar-refractivity contribution in [3.05, 3.63) is 46.6 Å². The number of hydrogen-bond acceptors (Lipinski definition) is 6. The van der Waals surface area contributed by atoms with Crippen molar-refractivity contribution in [1.82, 2.24) is 19.3 Å². The van der Waals surface area contributed by atoms with Crippen LogP contribution in [0.25, 0.3) is 11.4 Å². The number of carbonyl (C=O) groups excluding carboxylic acids is 1. The molecule has 9 heteroatoms. The molecule has 1 aliphatic heterocycles. The van der Waals surface area contributed by atoms with Gasteiger partial charge in [0.2, 0.25) is 5.91 Å². The van der Waals surface area contributed by atoms with Gasteiger partial charge < -0.3 is 19.2 Å². The number of carbonyl (C=O) groups is 1. The first-order valence-electron chi connectivity index (χ1n) is 12.2. The maximum atomic E-state index is 13.1. The van der Waals surface area contributed by atoms with Crippen LogP contribution >= 0.6 is 11.8 Å². The number of fused-ring (bicyclic) bond motifs is 1. The molecule has 1 unspecified atom stereocenters. The molecular weight excluding hydrogens is 460 g/mol. The topological polar surface area (TPSA) is 97.8 Å². The molecule has 182 valence electrons. The maximum Gasteiger partial charge on any atom is 0.235 e. The summed E-state index contributed by atoms with van der Waals surface area (Å²) in [7, 11) is 1.91. The average molecular weight is 491 g/mol. The molecule has 2 aliphatic rings. The molecule has 35 heavy (non-hydrogen) atoms. The Morgan fingerprint density at radius 1 is 1.26 bits per heavy atom. The number of benzene rings is 1. The first-order chi connectivity index (χ1) is 17.1. The average Bonchev–Trinajstić information content (AvgIpc) is 3.58. The molecule has 1 amide bonds. The Labute approximate surface area is 209 Å². The lowest BCUT2D eigenvalue weighted by molar-refractivity contribution is -0.113. The molecule has 0 spiro atoms. The van der Waals surface area contributed by atoms with Gasteiger partial charge in [0.25, 0.3) is 0 Å². The summed E-state index contributed by atoms with van der Waals surface area (Å²) >= 11 is 1.34. The minimum absolute atomic E-state index is 0.128. The SMILES string of the molecule is Cc1ccccc1-c1nnc(SCC(=O)Nc2c(C#N)c3c(n2CC2CCCO2)CCCC3)n1C. The van der Waals surface area contributed by atoms with E-state index in [2.05, 4.69) is 26.2 Å². The van der Waals surface area contributed by atoms with Gasteiger partial charge in [-0.1, -0.05) is 36.0 Å². The first-order valence-corrected chi connectivity index (χ1v) is 13.2. The van der Waals surface area contributed by atoms with Gasteiger partial charge in [-0.15, -0.1) is 10.2 Å². The van der Waals surface area contributed by atoms with Crippen molar-refractivity contribution in [2.24, 2.45) is 7.05 Å². The van der Waals surface area contributed by atoms with Gasteiger partial charge in [0.15, 0.2) is 11.0 Å². The van der Waals surface area contributed by atoms with Crippen molar-refractivity contribution < 1.29 is 9.53 Å². The second-order valence-electron chi connectivity index (χ2n) is 9.23. The minimum Gasteiger partial charge on any atom is -0.376 e. The molecule has 1 atom stereocenters. The van der Waals surface area contributed by atoms with Gasteiger partial charge in [0, 0.05) is 24.9 Å². The van der Waals surface area contributed by atoms with E-state index >= 15 is 0 Å². The molecule has 1 N–H and O–H groups in total. The van der Waals surface area contributed by atoms with E-state index in [0.717, 1.165) is 67.6 Å². The van der Waals surface area contributed by atoms with E-state index in [-0.39, 0.29) is 17.8 Å². The van der Waals surface area contributed by atoms with Gasteiger partial charge in [-0.2, -0.15) is 5.26 Å². The Morgan fingerprint density at radius 2 is 2.09 bits per heavy atom. The zero-order chi connectivity index (χ0) is 24.4. The molecule has 2 aromatic heterocycles. The Hall–Kier alpha value is -3.09. The number of ether oxygens (including phenoxy) is 1. The highest BCUT2D eigenvalue weighted by Gasteiger charge is 2.28. The van der Waals surface area contributed by atoms with E-state index in [1.165, 1.54) is 17.5 Å². The molecule has 8 nitrogen and oxygen atoms in total. The van der Waals surface area contributed by atoms with Crippen LogP contribution in [0.1, 0.15) is 48.1 Å². The van der Waals surface area contributed by atoms with E-state index in [1.54, 1.807) is 0 Å². The number of nitrogens with one attached hydrogen (secondary N) is 1. The summed E-state index contributed by atoms with van der Waals surface area (Å²) in [4.78, 5) is 13.1.